The normalized spacial score (nSPS) is 15.7. The van der Waals surface area contributed by atoms with Crippen LogP contribution in [0.1, 0.15) is 56.2 Å². The summed E-state index contributed by atoms with van der Waals surface area (Å²) in [5.41, 5.74) is 3.82. The minimum absolute atomic E-state index is 0.112. The van der Waals surface area contributed by atoms with Gasteiger partial charge in [-0.25, -0.2) is 0 Å². The van der Waals surface area contributed by atoms with Gasteiger partial charge in [-0.05, 0) is 61.9 Å². The fourth-order valence-electron chi connectivity index (χ4n) is 3.96. The summed E-state index contributed by atoms with van der Waals surface area (Å²) in [4.78, 5) is 13.3. The van der Waals surface area contributed by atoms with Gasteiger partial charge in [0.25, 0.3) is 0 Å². The maximum Gasteiger partial charge on any atom is 0.235 e. The molecule has 0 radical (unpaired) electrons. The van der Waals surface area contributed by atoms with E-state index in [1.165, 1.54) is 5.56 Å². The van der Waals surface area contributed by atoms with Crippen LogP contribution in [0.4, 0.5) is 5.69 Å². The second kappa shape index (κ2) is 8.16. The molecular formula is C24H31NO2. The number of anilines is 1. The number of hydrogen-bond donors (Lipinski definition) is 1. The monoisotopic (exact) mass is 365 g/mol. The Morgan fingerprint density at radius 3 is 2.48 bits per heavy atom. The van der Waals surface area contributed by atoms with Crippen molar-refractivity contribution >= 4 is 11.6 Å². The predicted octanol–water partition coefficient (Wildman–Crippen LogP) is 5.79. The van der Waals surface area contributed by atoms with Crippen molar-refractivity contribution in [3.8, 4) is 5.75 Å². The number of hydrogen-bond acceptors (Lipinski definition) is 2. The van der Waals surface area contributed by atoms with Crippen molar-refractivity contribution in [2.24, 2.45) is 5.92 Å². The lowest BCUT2D eigenvalue weighted by Crippen LogP contribution is -2.38. The van der Waals surface area contributed by atoms with Gasteiger partial charge in [0.05, 0.1) is 12.0 Å². The lowest BCUT2D eigenvalue weighted by atomic mass is 9.77. The van der Waals surface area contributed by atoms with E-state index in [1.807, 2.05) is 25.1 Å². The van der Waals surface area contributed by atoms with Crippen LogP contribution < -0.4 is 10.1 Å². The van der Waals surface area contributed by atoms with Crippen LogP contribution in [0.25, 0.3) is 0 Å². The summed E-state index contributed by atoms with van der Waals surface area (Å²) in [6, 6.07) is 14.3. The first-order valence-electron chi connectivity index (χ1n) is 10.0. The van der Waals surface area contributed by atoms with Gasteiger partial charge in [0.2, 0.25) is 5.91 Å². The number of benzene rings is 2. The van der Waals surface area contributed by atoms with E-state index in [0.717, 1.165) is 48.2 Å². The Kier molecular flexibility index (Phi) is 5.88. The third-order valence-corrected chi connectivity index (χ3v) is 5.47. The molecule has 0 bridgehead atoms. The van der Waals surface area contributed by atoms with E-state index in [2.05, 4.69) is 50.4 Å². The lowest BCUT2D eigenvalue weighted by molar-refractivity contribution is -0.121. The first-order valence-corrected chi connectivity index (χ1v) is 10.0. The number of nitrogens with one attached hydrogen (secondary N) is 1. The van der Waals surface area contributed by atoms with Gasteiger partial charge in [-0.2, -0.15) is 0 Å². The standard InChI is InChI=1S/C24H31NO2/c1-17(2)16-27-22-11-10-21(15-19(22)4)25-23(26)24(12-5-6-13-24)20-9-7-8-18(3)14-20/h7-11,14-15,17H,5-6,12-13,16H2,1-4H3,(H,25,26). The molecule has 3 nitrogen and oxygen atoms in total. The van der Waals surface area contributed by atoms with E-state index in [0.29, 0.717) is 12.5 Å². The molecule has 2 aromatic carbocycles. The van der Waals surface area contributed by atoms with Crippen LogP contribution in [0.3, 0.4) is 0 Å². The third kappa shape index (κ3) is 4.35. The third-order valence-electron chi connectivity index (χ3n) is 5.47. The summed E-state index contributed by atoms with van der Waals surface area (Å²) in [7, 11) is 0. The molecule has 0 atom stereocenters. The summed E-state index contributed by atoms with van der Waals surface area (Å²) in [5, 5.41) is 3.18. The van der Waals surface area contributed by atoms with E-state index in [1.54, 1.807) is 0 Å². The molecule has 0 unspecified atom stereocenters. The van der Waals surface area contributed by atoms with Crippen LogP contribution in [0.15, 0.2) is 42.5 Å². The highest BCUT2D eigenvalue weighted by atomic mass is 16.5. The molecule has 3 heteroatoms. The van der Waals surface area contributed by atoms with Crippen molar-refractivity contribution in [1.82, 2.24) is 0 Å². The van der Waals surface area contributed by atoms with E-state index >= 15 is 0 Å². The van der Waals surface area contributed by atoms with Gasteiger partial charge in [-0.3, -0.25) is 4.79 Å². The maximum atomic E-state index is 13.3. The van der Waals surface area contributed by atoms with Crippen LogP contribution in [-0.2, 0) is 10.2 Å². The first kappa shape index (κ1) is 19.5. The highest BCUT2D eigenvalue weighted by Crippen LogP contribution is 2.42. The number of aryl methyl sites for hydroxylation is 2. The summed E-state index contributed by atoms with van der Waals surface area (Å²) < 4.78 is 5.85. The molecule has 144 valence electrons. The minimum atomic E-state index is -0.410. The van der Waals surface area contributed by atoms with E-state index in [4.69, 9.17) is 4.74 Å². The second-order valence-electron chi connectivity index (χ2n) is 8.30. The van der Waals surface area contributed by atoms with E-state index in [9.17, 15) is 4.79 Å². The second-order valence-corrected chi connectivity index (χ2v) is 8.30. The zero-order valence-electron chi connectivity index (χ0n) is 17.0. The fraction of sp³-hybridized carbons (Fsp3) is 0.458. The number of carbonyl (C=O) groups is 1. The van der Waals surface area contributed by atoms with Crippen LogP contribution in [0.2, 0.25) is 0 Å². The number of ether oxygens (including phenoxy) is 1. The average Bonchev–Trinajstić information content (AvgIpc) is 3.12. The average molecular weight is 366 g/mol. The molecule has 1 amide bonds. The Balaban J connectivity index is 1.79. The predicted molar refractivity (Wildman–Crippen MR) is 111 cm³/mol. The molecule has 3 rings (SSSR count). The molecule has 27 heavy (non-hydrogen) atoms. The maximum absolute atomic E-state index is 13.3. The molecule has 1 saturated carbocycles. The zero-order valence-corrected chi connectivity index (χ0v) is 17.0. The van der Waals surface area contributed by atoms with Crippen LogP contribution >= 0.6 is 0 Å². The molecule has 0 heterocycles. The molecule has 0 aromatic heterocycles. The molecule has 1 fully saturated rings. The van der Waals surface area contributed by atoms with Crippen molar-refractivity contribution in [2.45, 2.75) is 58.8 Å². The SMILES string of the molecule is Cc1cccc(C2(C(=O)Nc3ccc(OCC(C)C)c(C)c3)CCCC2)c1. The van der Waals surface area contributed by atoms with Crippen molar-refractivity contribution in [3.63, 3.8) is 0 Å². The minimum Gasteiger partial charge on any atom is -0.493 e. The summed E-state index contributed by atoms with van der Waals surface area (Å²) in [6.45, 7) is 9.08. The Morgan fingerprint density at radius 1 is 1.11 bits per heavy atom. The quantitative estimate of drug-likeness (QED) is 0.704. The smallest absolute Gasteiger partial charge is 0.235 e. The van der Waals surface area contributed by atoms with Gasteiger partial charge in [0, 0.05) is 5.69 Å². The fourth-order valence-corrected chi connectivity index (χ4v) is 3.96. The Labute approximate surface area is 163 Å². The number of rotatable bonds is 6. The Hall–Kier alpha value is -2.29. The summed E-state index contributed by atoms with van der Waals surface area (Å²) in [6.07, 6.45) is 4.03. The molecule has 0 saturated heterocycles. The van der Waals surface area contributed by atoms with Gasteiger partial charge in [-0.15, -0.1) is 0 Å². The van der Waals surface area contributed by atoms with Gasteiger partial charge in [0.1, 0.15) is 5.75 Å². The lowest BCUT2D eigenvalue weighted by Gasteiger charge is -2.29. The molecule has 0 spiro atoms. The molecule has 1 aliphatic carbocycles. The molecule has 0 aliphatic heterocycles. The molecule has 2 aromatic rings. The summed E-state index contributed by atoms with van der Waals surface area (Å²) >= 11 is 0. The van der Waals surface area contributed by atoms with Crippen LogP contribution in [0, 0.1) is 19.8 Å². The van der Waals surface area contributed by atoms with Gasteiger partial charge >= 0.3 is 0 Å². The van der Waals surface area contributed by atoms with Crippen molar-refractivity contribution < 1.29 is 9.53 Å². The zero-order chi connectivity index (χ0) is 19.4. The number of amides is 1. The van der Waals surface area contributed by atoms with Crippen molar-refractivity contribution in [1.29, 1.82) is 0 Å². The topological polar surface area (TPSA) is 38.3 Å². The Bertz CT molecular complexity index is 804. The van der Waals surface area contributed by atoms with E-state index in [-0.39, 0.29) is 5.91 Å². The highest BCUT2D eigenvalue weighted by Gasteiger charge is 2.42. The number of carbonyl (C=O) groups excluding carboxylic acids is 1. The van der Waals surface area contributed by atoms with Gasteiger partial charge in [-0.1, -0.05) is 56.5 Å². The largest absolute Gasteiger partial charge is 0.493 e. The van der Waals surface area contributed by atoms with Crippen molar-refractivity contribution in [2.75, 3.05) is 11.9 Å². The first-order chi connectivity index (χ1) is 12.9. The summed E-state index contributed by atoms with van der Waals surface area (Å²) in [5.74, 6) is 1.48. The van der Waals surface area contributed by atoms with Crippen LogP contribution in [0.5, 0.6) is 5.75 Å². The molecule has 1 N–H and O–H groups in total. The van der Waals surface area contributed by atoms with Crippen LogP contribution in [-0.4, -0.2) is 12.5 Å². The molecule has 1 aliphatic rings. The molecular weight excluding hydrogens is 334 g/mol. The Morgan fingerprint density at radius 2 is 1.85 bits per heavy atom. The van der Waals surface area contributed by atoms with E-state index < -0.39 is 5.41 Å². The van der Waals surface area contributed by atoms with Gasteiger partial charge in [0.15, 0.2) is 0 Å². The highest BCUT2D eigenvalue weighted by molar-refractivity contribution is 5.99. The van der Waals surface area contributed by atoms with Gasteiger partial charge < -0.3 is 10.1 Å². The van der Waals surface area contributed by atoms with Crippen molar-refractivity contribution in [3.05, 3.63) is 59.2 Å².